The van der Waals surface area contributed by atoms with Crippen molar-refractivity contribution in [3.63, 3.8) is 0 Å². The molecule has 1 atom stereocenters. The van der Waals surface area contributed by atoms with E-state index in [1.165, 1.54) is 0 Å². The van der Waals surface area contributed by atoms with Crippen molar-refractivity contribution in [1.29, 1.82) is 0 Å². The maximum atomic E-state index is 12.4. The molecule has 21 heavy (non-hydrogen) atoms. The third-order valence-electron chi connectivity index (χ3n) is 3.84. The summed E-state index contributed by atoms with van der Waals surface area (Å²) in [6.07, 6.45) is 4.30. The van der Waals surface area contributed by atoms with Crippen molar-refractivity contribution in [2.75, 3.05) is 19.7 Å². The van der Waals surface area contributed by atoms with Gasteiger partial charge in [0.15, 0.2) is 11.5 Å². The van der Waals surface area contributed by atoms with Gasteiger partial charge < -0.3 is 18.9 Å². The molecule has 0 radical (unpaired) electrons. The average Bonchev–Trinajstić information content (AvgIpc) is 3.18. The lowest BCUT2D eigenvalue weighted by molar-refractivity contribution is 0.0643. The van der Waals surface area contributed by atoms with Crippen LogP contribution < -0.4 is 0 Å². The highest BCUT2D eigenvalue weighted by molar-refractivity contribution is 5.93. The molecule has 0 aliphatic carbocycles. The molecule has 6 heteroatoms. The van der Waals surface area contributed by atoms with E-state index in [0.717, 1.165) is 25.8 Å². The highest BCUT2D eigenvalue weighted by Crippen LogP contribution is 2.24. The summed E-state index contributed by atoms with van der Waals surface area (Å²) in [6.45, 7) is 1.56. The molecule has 1 aliphatic rings. The molecule has 3 heterocycles. The van der Waals surface area contributed by atoms with Crippen LogP contribution in [0.4, 0.5) is 0 Å². The Bertz CT molecular complexity index is 589. The highest BCUT2D eigenvalue weighted by Gasteiger charge is 2.26. The van der Waals surface area contributed by atoms with Crippen molar-refractivity contribution in [1.82, 2.24) is 10.1 Å². The second-order valence-corrected chi connectivity index (χ2v) is 5.33. The third kappa shape index (κ3) is 3.00. The van der Waals surface area contributed by atoms with Crippen molar-refractivity contribution >= 4 is 5.91 Å². The topological polar surface area (TPSA) is 79.7 Å². The van der Waals surface area contributed by atoms with Crippen LogP contribution in [0.1, 0.15) is 29.8 Å². The van der Waals surface area contributed by atoms with Crippen LogP contribution in [-0.4, -0.2) is 40.8 Å². The lowest BCUT2D eigenvalue weighted by atomic mass is 9.95. The van der Waals surface area contributed by atoms with Crippen molar-refractivity contribution in [2.24, 2.45) is 5.92 Å². The van der Waals surface area contributed by atoms with Crippen LogP contribution in [0.3, 0.4) is 0 Å². The van der Waals surface area contributed by atoms with Gasteiger partial charge in [-0.15, -0.1) is 0 Å². The molecule has 0 saturated carbocycles. The molecule has 1 aliphatic heterocycles. The number of rotatable bonds is 4. The SMILES string of the molecule is O=C(c1cc(-c2ccco2)on1)N1CCCC(CCO)C1. The summed E-state index contributed by atoms with van der Waals surface area (Å²) in [5, 5.41) is 12.9. The number of aliphatic hydroxyl groups excluding tert-OH is 1. The minimum atomic E-state index is -0.126. The number of aromatic nitrogens is 1. The summed E-state index contributed by atoms with van der Waals surface area (Å²) in [4.78, 5) is 14.2. The lowest BCUT2D eigenvalue weighted by Crippen LogP contribution is -2.40. The van der Waals surface area contributed by atoms with E-state index in [2.05, 4.69) is 5.16 Å². The predicted octanol–water partition coefficient (Wildman–Crippen LogP) is 2.17. The fourth-order valence-corrected chi connectivity index (χ4v) is 2.74. The number of hydrogen-bond donors (Lipinski definition) is 1. The number of furan rings is 1. The number of aliphatic hydroxyl groups is 1. The van der Waals surface area contributed by atoms with Crippen LogP contribution in [0.25, 0.3) is 11.5 Å². The van der Waals surface area contributed by atoms with E-state index in [1.54, 1.807) is 29.4 Å². The Kier molecular flexibility index (Phi) is 4.06. The average molecular weight is 290 g/mol. The van der Waals surface area contributed by atoms with Gasteiger partial charge in [0.05, 0.1) is 6.26 Å². The molecular formula is C15H18N2O4. The second kappa shape index (κ2) is 6.13. The van der Waals surface area contributed by atoms with Gasteiger partial charge in [0.1, 0.15) is 0 Å². The monoisotopic (exact) mass is 290 g/mol. The lowest BCUT2D eigenvalue weighted by Gasteiger charge is -2.31. The minimum Gasteiger partial charge on any atom is -0.461 e. The summed E-state index contributed by atoms with van der Waals surface area (Å²) < 4.78 is 10.4. The van der Waals surface area contributed by atoms with Gasteiger partial charge >= 0.3 is 0 Å². The van der Waals surface area contributed by atoms with Crippen molar-refractivity contribution < 1.29 is 18.8 Å². The molecule has 6 nitrogen and oxygen atoms in total. The summed E-state index contributed by atoms with van der Waals surface area (Å²) in [5.41, 5.74) is 0.297. The van der Waals surface area contributed by atoms with E-state index >= 15 is 0 Å². The predicted molar refractivity (Wildman–Crippen MR) is 74.5 cm³/mol. The van der Waals surface area contributed by atoms with Crippen LogP contribution in [0.15, 0.2) is 33.4 Å². The number of hydrogen-bond acceptors (Lipinski definition) is 5. The van der Waals surface area contributed by atoms with Gasteiger partial charge in [0.2, 0.25) is 5.76 Å². The summed E-state index contributed by atoms with van der Waals surface area (Å²) in [5.74, 6) is 1.24. The maximum Gasteiger partial charge on any atom is 0.276 e. The molecule has 112 valence electrons. The molecule has 0 aromatic carbocycles. The van der Waals surface area contributed by atoms with Crippen LogP contribution in [0.2, 0.25) is 0 Å². The quantitative estimate of drug-likeness (QED) is 0.933. The second-order valence-electron chi connectivity index (χ2n) is 5.33. The van der Waals surface area contributed by atoms with Gasteiger partial charge in [-0.05, 0) is 37.3 Å². The summed E-state index contributed by atoms with van der Waals surface area (Å²) in [6, 6.07) is 5.12. The van der Waals surface area contributed by atoms with Crippen LogP contribution in [0, 0.1) is 5.92 Å². The van der Waals surface area contributed by atoms with Crippen LogP contribution >= 0.6 is 0 Å². The molecular weight excluding hydrogens is 272 g/mol. The van der Waals surface area contributed by atoms with E-state index in [0.29, 0.717) is 29.7 Å². The van der Waals surface area contributed by atoms with Crippen molar-refractivity contribution in [3.05, 3.63) is 30.2 Å². The highest BCUT2D eigenvalue weighted by atomic mass is 16.5. The molecule has 2 aromatic rings. The molecule has 1 unspecified atom stereocenters. The smallest absolute Gasteiger partial charge is 0.276 e. The fraction of sp³-hybridized carbons (Fsp3) is 0.467. The Labute approximate surface area is 122 Å². The minimum absolute atomic E-state index is 0.126. The van der Waals surface area contributed by atoms with E-state index in [9.17, 15) is 4.79 Å². The van der Waals surface area contributed by atoms with Crippen LogP contribution in [-0.2, 0) is 0 Å². The molecule has 1 N–H and O–H groups in total. The van der Waals surface area contributed by atoms with E-state index in [1.807, 2.05) is 0 Å². The first-order valence-electron chi connectivity index (χ1n) is 7.18. The number of nitrogens with zero attached hydrogens (tertiary/aromatic N) is 2. The zero-order valence-corrected chi connectivity index (χ0v) is 11.7. The Morgan fingerprint density at radius 1 is 1.48 bits per heavy atom. The van der Waals surface area contributed by atoms with Gasteiger partial charge in [0, 0.05) is 25.8 Å². The first-order chi connectivity index (χ1) is 10.3. The Balaban J connectivity index is 1.70. The number of carbonyl (C=O) groups excluding carboxylic acids is 1. The number of carbonyl (C=O) groups is 1. The van der Waals surface area contributed by atoms with Gasteiger partial charge in [-0.1, -0.05) is 5.16 Å². The molecule has 1 saturated heterocycles. The Morgan fingerprint density at radius 2 is 2.38 bits per heavy atom. The molecule has 0 spiro atoms. The zero-order chi connectivity index (χ0) is 14.7. The Hall–Kier alpha value is -2.08. The normalized spacial score (nSPS) is 18.9. The van der Waals surface area contributed by atoms with Gasteiger partial charge in [-0.25, -0.2) is 0 Å². The summed E-state index contributed by atoms with van der Waals surface area (Å²) in [7, 11) is 0. The first-order valence-corrected chi connectivity index (χ1v) is 7.18. The number of piperidine rings is 1. The van der Waals surface area contributed by atoms with Gasteiger partial charge in [0.25, 0.3) is 5.91 Å². The molecule has 3 rings (SSSR count). The van der Waals surface area contributed by atoms with Crippen molar-refractivity contribution in [2.45, 2.75) is 19.3 Å². The van der Waals surface area contributed by atoms with E-state index in [-0.39, 0.29) is 12.5 Å². The van der Waals surface area contributed by atoms with E-state index in [4.69, 9.17) is 14.0 Å². The molecule has 0 bridgehead atoms. The first kappa shape index (κ1) is 13.9. The van der Waals surface area contributed by atoms with Crippen molar-refractivity contribution in [3.8, 4) is 11.5 Å². The largest absolute Gasteiger partial charge is 0.461 e. The van der Waals surface area contributed by atoms with Crippen LogP contribution in [0.5, 0.6) is 0 Å². The molecule has 1 amide bonds. The fourth-order valence-electron chi connectivity index (χ4n) is 2.74. The third-order valence-corrected chi connectivity index (χ3v) is 3.84. The number of likely N-dealkylation sites (tertiary alicyclic amines) is 1. The Morgan fingerprint density at radius 3 is 3.14 bits per heavy atom. The standard InChI is InChI=1S/C15H18N2O4/c18-7-5-11-3-1-6-17(10-11)15(19)12-9-14(21-16-12)13-4-2-8-20-13/h2,4,8-9,11,18H,1,3,5-7,10H2. The maximum absolute atomic E-state index is 12.4. The number of amides is 1. The zero-order valence-electron chi connectivity index (χ0n) is 11.7. The summed E-state index contributed by atoms with van der Waals surface area (Å²) >= 11 is 0. The van der Waals surface area contributed by atoms with E-state index < -0.39 is 0 Å². The van der Waals surface area contributed by atoms with Gasteiger partial charge in [-0.2, -0.15) is 0 Å². The molecule has 1 fully saturated rings. The molecule has 2 aromatic heterocycles. The van der Waals surface area contributed by atoms with Gasteiger partial charge in [-0.3, -0.25) is 4.79 Å².